The average Bonchev–Trinajstić information content (AvgIpc) is 3.53. The van der Waals surface area contributed by atoms with Crippen molar-refractivity contribution in [2.75, 3.05) is 6.54 Å². The molecule has 2 N–H and O–H groups in total. The predicted octanol–water partition coefficient (Wildman–Crippen LogP) is 0.406. The summed E-state index contributed by atoms with van der Waals surface area (Å²) >= 11 is 0. The Labute approximate surface area is 206 Å². The van der Waals surface area contributed by atoms with Crippen molar-refractivity contribution < 1.29 is 29.1 Å². The van der Waals surface area contributed by atoms with E-state index in [2.05, 4.69) is 15.0 Å². The number of piperidine rings is 1. The van der Waals surface area contributed by atoms with Crippen LogP contribution >= 0.6 is 0 Å². The van der Waals surface area contributed by atoms with Crippen molar-refractivity contribution in [3.63, 3.8) is 0 Å². The van der Waals surface area contributed by atoms with Gasteiger partial charge in [-0.25, -0.2) is 23.7 Å². The van der Waals surface area contributed by atoms with E-state index >= 15 is 0 Å². The third-order valence-corrected chi connectivity index (χ3v) is 6.98. The molecule has 0 amide bonds. The Morgan fingerprint density at radius 1 is 1.14 bits per heavy atom. The maximum absolute atomic E-state index is 12.6. The summed E-state index contributed by atoms with van der Waals surface area (Å²) in [6.07, 6.45) is 7.08. The average molecular weight is 506 g/mol. The van der Waals surface area contributed by atoms with Crippen molar-refractivity contribution in [1.82, 2.24) is 24.2 Å². The zero-order valence-corrected chi connectivity index (χ0v) is 20.2. The number of aliphatic carboxylic acids is 2. The van der Waals surface area contributed by atoms with Crippen LogP contribution in [0.5, 0.6) is 0 Å². The first kappa shape index (κ1) is 25.8. The lowest BCUT2D eigenvalue weighted by Crippen LogP contribution is -2.46. The fourth-order valence-corrected chi connectivity index (χ4v) is 5.40. The zero-order chi connectivity index (χ0) is 25.8. The van der Waals surface area contributed by atoms with Crippen LogP contribution in [-0.4, -0.2) is 71.1 Å². The van der Waals surface area contributed by atoms with Gasteiger partial charge < -0.3 is 19.5 Å². The number of aryl methyl sites for hydroxylation is 2. The van der Waals surface area contributed by atoms with Gasteiger partial charge in [0, 0.05) is 44.2 Å². The lowest BCUT2D eigenvalue weighted by atomic mass is 9.99. The largest absolute Gasteiger partial charge is 0.473 e. The summed E-state index contributed by atoms with van der Waals surface area (Å²) in [4.78, 5) is 49.7. The minimum atomic E-state index is -1.82. The van der Waals surface area contributed by atoms with Crippen LogP contribution in [-0.2, 0) is 40.4 Å². The van der Waals surface area contributed by atoms with Crippen molar-refractivity contribution in [3.05, 3.63) is 44.3 Å². The van der Waals surface area contributed by atoms with E-state index in [-0.39, 0.29) is 11.8 Å². The number of hydrogen-bond acceptors (Lipinski definition) is 9. The second-order valence-electron chi connectivity index (χ2n) is 9.42. The van der Waals surface area contributed by atoms with E-state index in [1.54, 1.807) is 4.57 Å². The van der Waals surface area contributed by atoms with Gasteiger partial charge in [-0.05, 0) is 45.4 Å². The molecule has 0 spiro atoms. The molecule has 2 atom stereocenters. The molecule has 2 aromatic heterocycles. The van der Waals surface area contributed by atoms with Crippen LogP contribution in [0.1, 0.15) is 55.8 Å². The van der Waals surface area contributed by atoms with E-state index in [0.717, 1.165) is 50.1 Å². The van der Waals surface area contributed by atoms with Gasteiger partial charge in [-0.1, -0.05) is 5.16 Å². The zero-order valence-electron chi connectivity index (χ0n) is 20.2. The molecule has 13 nitrogen and oxygen atoms in total. The number of ether oxygens (including phenoxy) is 1. The number of carbonyl (C=O) groups is 2. The number of carboxylic acids is 2. The summed E-state index contributed by atoms with van der Waals surface area (Å²) in [6.45, 7) is 4.40. The van der Waals surface area contributed by atoms with Crippen molar-refractivity contribution in [1.29, 1.82) is 0 Å². The van der Waals surface area contributed by atoms with Gasteiger partial charge in [-0.15, -0.1) is 0 Å². The second kappa shape index (κ2) is 11.2. The number of aromatic nitrogens is 4. The van der Waals surface area contributed by atoms with E-state index in [9.17, 15) is 9.59 Å². The fraction of sp³-hybridized carbons (Fsp3) is 0.652. The van der Waals surface area contributed by atoms with Crippen molar-refractivity contribution in [2.24, 2.45) is 0 Å². The molecule has 0 aromatic carbocycles. The molecule has 2 unspecified atom stereocenters. The number of fused-ring (bicyclic) bond motifs is 3. The molecule has 36 heavy (non-hydrogen) atoms. The number of rotatable bonds is 7. The van der Waals surface area contributed by atoms with Gasteiger partial charge in [0.1, 0.15) is 17.3 Å². The molecule has 196 valence electrons. The van der Waals surface area contributed by atoms with Crippen molar-refractivity contribution in [2.45, 2.75) is 89.8 Å². The Balaban J connectivity index is 0.000000455. The molecule has 0 saturated carbocycles. The van der Waals surface area contributed by atoms with E-state index < -0.39 is 17.6 Å². The Kier molecular flexibility index (Phi) is 7.99. The second-order valence-corrected chi connectivity index (χ2v) is 9.42. The molecule has 2 bridgehead atoms. The van der Waals surface area contributed by atoms with E-state index in [4.69, 9.17) is 29.1 Å². The highest BCUT2D eigenvalue weighted by atomic mass is 16.5. The molecule has 2 saturated heterocycles. The third kappa shape index (κ3) is 5.90. The molecule has 3 aliphatic heterocycles. The minimum Gasteiger partial charge on any atom is -0.473 e. The monoisotopic (exact) mass is 505 g/mol. The highest BCUT2D eigenvalue weighted by Crippen LogP contribution is 2.37. The normalized spacial score (nSPS) is 22.6. The molecule has 0 radical (unpaired) electrons. The van der Waals surface area contributed by atoms with Gasteiger partial charge in [0.2, 0.25) is 0 Å². The molecule has 0 aliphatic carbocycles. The third-order valence-electron chi connectivity index (χ3n) is 6.98. The highest BCUT2D eigenvalue weighted by Gasteiger charge is 2.40. The maximum atomic E-state index is 12.6. The van der Waals surface area contributed by atoms with Gasteiger partial charge in [-0.3, -0.25) is 9.47 Å². The Hall–Kier alpha value is -3.32. The van der Waals surface area contributed by atoms with Crippen LogP contribution in [0.25, 0.3) is 0 Å². The van der Waals surface area contributed by atoms with Crippen LogP contribution in [0.15, 0.2) is 20.2 Å². The number of hydrogen-bond donors (Lipinski definition) is 2. The van der Waals surface area contributed by atoms with Crippen LogP contribution < -0.4 is 11.4 Å². The topological polar surface area (TPSA) is 170 Å². The quantitative estimate of drug-likeness (QED) is 0.499. The van der Waals surface area contributed by atoms with E-state index in [1.165, 1.54) is 17.4 Å². The van der Waals surface area contributed by atoms with Crippen molar-refractivity contribution >= 4 is 11.9 Å². The lowest BCUT2D eigenvalue weighted by Gasteiger charge is -2.38. The first-order valence-electron chi connectivity index (χ1n) is 12.2. The molecular weight excluding hydrogens is 474 g/mol. The summed E-state index contributed by atoms with van der Waals surface area (Å²) in [5, 5.41) is 18.8. The smallest absolute Gasteiger partial charge is 0.414 e. The van der Waals surface area contributed by atoms with Gasteiger partial charge in [-0.2, -0.15) is 4.98 Å². The maximum Gasteiger partial charge on any atom is 0.414 e. The van der Waals surface area contributed by atoms with Crippen LogP contribution in [0.4, 0.5) is 0 Å². The Bertz CT molecular complexity index is 1190. The fourth-order valence-electron chi connectivity index (χ4n) is 5.40. The summed E-state index contributed by atoms with van der Waals surface area (Å²) < 4.78 is 14.2. The standard InChI is InChI=1S/C21H29N5O4.C2H2O4/c1-14-10-15(23-30-14)13-29-18-11-16-5-6-17(12-18)24(16)8-3-9-26-20(27)22-19-4-2-7-25(19)21(26)28;3-1(4)2(5)6/h10,16-18H,2-9,11-13H2,1H3;(H,3,4)(H,5,6). The summed E-state index contributed by atoms with van der Waals surface area (Å²) in [7, 11) is 0. The number of carboxylic acid groups (broad SMARTS) is 2. The molecule has 2 aromatic rings. The van der Waals surface area contributed by atoms with Gasteiger partial charge in [0.15, 0.2) is 0 Å². The van der Waals surface area contributed by atoms with Crippen LogP contribution in [0.3, 0.4) is 0 Å². The Morgan fingerprint density at radius 3 is 2.44 bits per heavy atom. The first-order valence-corrected chi connectivity index (χ1v) is 12.2. The highest BCUT2D eigenvalue weighted by molar-refractivity contribution is 6.27. The predicted molar refractivity (Wildman–Crippen MR) is 124 cm³/mol. The van der Waals surface area contributed by atoms with E-state index in [0.29, 0.717) is 37.6 Å². The molecule has 2 fully saturated rings. The number of nitrogens with zero attached hydrogens (tertiary/aromatic N) is 5. The van der Waals surface area contributed by atoms with Gasteiger partial charge in [0.05, 0.1) is 12.7 Å². The molecular formula is C23H31N5O8. The van der Waals surface area contributed by atoms with E-state index in [1.807, 2.05) is 13.0 Å². The molecule has 13 heteroatoms. The Morgan fingerprint density at radius 2 is 1.83 bits per heavy atom. The molecule has 5 heterocycles. The SMILES string of the molecule is Cc1cc(COC2CC3CCC(C2)N3CCCn2c(=O)nc3n(c2=O)CCC3)no1.O=C(O)C(=O)O. The summed E-state index contributed by atoms with van der Waals surface area (Å²) in [6, 6.07) is 2.95. The minimum absolute atomic E-state index is 0.194. The van der Waals surface area contributed by atoms with Crippen LogP contribution in [0, 0.1) is 6.92 Å². The summed E-state index contributed by atoms with van der Waals surface area (Å²) in [5.41, 5.74) is 0.258. The first-order chi connectivity index (χ1) is 17.2. The van der Waals surface area contributed by atoms with Gasteiger partial charge >= 0.3 is 23.3 Å². The lowest BCUT2D eigenvalue weighted by molar-refractivity contribution is -0.159. The molecule has 3 aliphatic rings. The van der Waals surface area contributed by atoms with Crippen LogP contribution in [0.2, 0.25) is 0 Å². The van der Waals surface area contributed by atoms with Gasteiger partial charge in [0.25, 0.3) is 0 Å². The van der Waals surface area contributed by atoms with Crippen molar-refractivity contribution in [3.8, 4) is 0 Å². The summed E-state index contributed by atoms with van der Waals surface area (Å²) in [5.74, 6) is -2.20. The molecule has 5 rings (SSSR count).